The summed E-state index contributed by atoms with van der Waals surface area (Å²) in [7, 11) is 3.03. The number of amides is 1. The second kappa shape index (κ2) is 9.33. The number of Topliss-reactive ketones (excluding diaryl/α,β-unsaturated/α-hetero) is 1. The van der Waals surface area contributed by atoms with Gasteiger partial charge in [-0.15, -0.1) is 0 Å². The van der Waals surface area contributed by atoms with Crippen molar-refractivity contribution in [1.82, 2.24) is 0 Å². The first kappa shape index (κ1) is 24.5. The molecule has 0 radical (unpaired) electrons. The van der Waals surface area contributed by atoms with Gasteiger partial charge in [0.05, 0.1) is 25.8 Å². The number of hydrogen-bond donors (Lipinski definition) is 1. The van der Waals surface area contributed by atoms with Crippen molar-refractivity contribution in [3.05, 3.63) is 99.5 Å². The van der Waals surface area contributed by atoms with Crippen LogP contribution in [-0.2, 0) is 4.79 Å². The fourth-order valence-electron chi connectivity index (χ4n) is 4.56. The number of aliphatic hydroxyl groups excluding tert-OH is 1. The molecule has 4 aromatic rings. The van der Waals surface area contributed by atoms with Crippen LogP contribution in [0.2, 0.25) is 5.02 Å². The van der Waals surface area contributed by atoms with Gasteiger partial charge in [-0.3, -0.25) is 14.5 Å². The Balaban J connectivity index is 1.67. The third kappa shape index (κ3) is 4.11. The molecule has 0 spiro atoms. The molecule has 1 atom stereocenters. The summed E-state index contributed by atoms with van der Waals surface area (Å²) in [4.78, 5) is 28.7. The predicted octanol–water partition coefficient (Wildman–Crippen LogP) is 6.50. The lowest BCUT2D eigenvalue weighted by Crippen LogP contribution is -2.31. The van der Waals surface area contributed by atoms with Gasteiger partial charge < -0.3 is 19.0 Å². The van der Waals surface area contributed by atoms with Gasteiger partial charge in [-0.05, 0) is 66.9 Å². The number of nitrogens with zero attached hydrogens (tertiary/aromatic N) is 1. The minimum Gasteiger partial charge on any atom is -0.503 e. The molecule has 1 N–H and O–H groups in total. The van der Waals surface area contributed by atoms with Crippen LogP contribution in [0, 0.1) is 13.8 Å². The zero-order chi connectivity index (χ0) is 26.4. The number of benzene rings is 3. The number of aliphatic hydroxyl groups is 1. The van der Waals surface area contributed by atoms with Gasteiger partial charge in [0.1, 0.15) is 5.75 Å². The molecule has 1 aromatic heterocycles. The number of halogens is 1. The van der Waals surface area contributed by atoms with Crippen LogP contribution >= 0.6 is 11.6 Å². The van der Waals surface area contributed by atoms with E-state index in [1.54, 1.807) is 49.6 Å². The van der Waals surface area contributed by atoms with E-state index in [0.717, 1.165) is 11.1 Å². The topological polar surface area (TPSA) is 89.2 Å². The summed E-state index contributed by atoms with van der Waals surface area (Å²) in [5.41, 5.74) is 3.46. The highest BCUT2D eigenvalue weighted by Crippen LogP contribution is 2.43. The number of aryl methyl sites for hydroxylation is 2. The lowest BCUT2D eigenvalue weighted by Gasteiger charge is -2.27. The van der Waals surface area contributed by atoms with Crippen LogP contribution in [0.4, 0.5) is 5.69 Å². The summed E-state index contributed by atoms with van der Waals surface area (Å²) in [5.74, 6) is -0.991. The van der Waals surface area contributed by atoms with E-state index in [1.165, 1.54) is 18.1 Å². The van der Waals surface area contributed by atoms with Crippen LogP contribution in [0.1, 0.15) is 33.3 Å². The van der Waals surface area contributed by atoms with Crippen LogP contribution in [0.25, 0.3) is 11.0 Å². The third-order valence-corrected chi connectivity index (χ3v) is 6.86. The highest BCUT2D eigenvalue weighted by atomic mass is 35.5. The van der Waals surface area contributed by atoms with E-state index >= 15 is 0 Å². The number of anilines is 1. The largest absolute Gasteiger partial charge is 0.503 e. The summed E-state index contributed by atoms with van der Waals surface area (Å²) in [6.07, 6.45) is 0. The van der Waals surface area contributed by atoms with Crippen molar-refractivity contribution in [3.63, 3.8) is 0 Å². The summed E-state index contributed by atoms with van der Waals surface area (Å²) in [6, 6.07) is 16.4. The maximum Gasteiger partial charge on any atom is 0.294 e. The monoisotopic (exact) mass is 517 g/mol. The van der Waals surface area contributed by atoms with Gasteiger partial charge in [0.25, 0.3) is 5.91 Å². The van der Waals surface area contributed by atoms with Crippen LogP contribution in [-0.4, -0.2) is 31.0 Å². The van der Waals surface area contributed by atoms with Gasteiger partial charge in [-0.2, -0.15) is 0 Å². The van der Waals surface area contributed by atoms with Gasteiger partial charge >= 0.3 is 0 Å². The van der Waals surface area contributed by atoms with E-state index in [4.69, 9.17) is 25.5 Å². The number of carbonyl (C=O) groups excluding carboxylic acids is 2. The van der Waals surface area contributed by atoms with E-state index in [1.807, 2.05) is 26.0 Å². The number of hydrogen-bond acceptors (Lipinski definition) is 6. The first-order chi connectivity index (χ1) is 17.7. The van der Waals surface area contributed by atoms with Crippen LogP contribution in [0.5, 0.6) is 11.5 Å². The molecular formula is C29H24ClNO6. The molecule has 3 aromatic carbocycles. The van der Waals surface area contributed by atoms with Crippen molar-refractivity contribution >= 4 is 39.9 Å². The van der Waals surface area contributed by atoms with Crippen LogP contribution in [0.15, 0.2) is 76.4 Å². The Kier molecular flexibility index (Phi) is 6.17. The maximum atomic E-state index is 13.9. The highest BCUT2D eigenvalue weighted by molar-refractivity contribution is 6.31. The zero-order valence-electron chi connectivity index (χ0n) is 20.7. The second-order valence-electron chi connectivity index (χ2n) is 8.85. The molecule has 37 heavy (non-hydrogen) atoms. The summed E-state index contributed by atoms with van der Waals surface area (Å²) >= 11 is 6.18. The van der Waals surface area contributed by atoms with Crippen molar-refractivity contribution in [1.29, 1.82) is 0 Å². The second-order valence-corrected chi connectivity index (χ2v) is 9.28. The summed E-state index contributed by atoms with van der Waals surface area (Å²) < 4.78 is 16.5. The quantitative estimate of drug-likeness (QED) is 0.293. The average molecular weight is 518 g/mol. The van der Waals surface area contributed by atoms with E-state index in [0.29, 0.717) is 38.7 Å². The minimum atomic E-state index is -0.897. The molecule has 0 fully saturated rings. The number of ketones is 1. The molecule has 1 aliphatic rings. The molecule has 188 valence electrons. The minimum absolute atomic E-state index is 0.0506. The summed E-state index contributed by atoms with van der Waals surface area (Å²) in [5, 5.41) is 12.0. The van der Waals surface area contributed by atoms with Gasteiger partial charge in [0.2, 0.25) is 5.78 Å². The molecule has 5 rings (SSSR count). The van der Waals surface area contributed by atoms with Crippen molar-refractivity contribution < 1.29 is 28.6 Å². The normalized spacial score (nSPS) is 15.5. The molecule has 7 nitrogen and oxygen atoms in total. The molecule has 0 saturated heterocycles. The molecule has 0 saturated carbocycles. The standard InChI is InChI=1S/C29H24ClNO6/c1-15-5-8-20(11-16(15)2)31-25(17-6-9-21(35-3)10-7-17)24(27(33)29(31)34)26(32)22-13-18-12-19(30)14-23(36-4)28(18)37-22/h5-14,25,33H,1-4H3. The number of fused-ring (bicyclic) bond motifs is 1. The van der Waals surface area contributed by atoms with Gasteiger partial charge in [-0.25, -0.2) is 0 Å². The molecule has 2 heterocycles. The molecule has 1 amide bonds. The van der Waals surface area contributed by atoms with Gasteiger partial charge in [-0.1, -0.05) is 29.8 Å². The molecule has 8 heteroatoms. The van der Waals surface area contributed by atoms with E-state index in [2.05, 4.69) is 0 Å². The molecular weight excluding hydrogens is 494 g/mol. The van der Waals surface area contributed by atoms with E-state index in [-0.39, 0.29) is 11.3 Å². The molecule has 1 unspecified atom stereocenters. The van der Waals surface area contributed by atoms with E-state index in [9.17, 15) is 14.7 Å². The fourth-order valence-corrected chi connectivity index (χ4v) is 4.78. The van der Waals surface area contributed by atoms with E-state index < -0.39 is 23.5 Å². The molecule has 0 aliphatic carbocycles. The first-order valence-corrected chi connectivity index (χ1v) is 11.9. The Morgan fingerprint density at radius 1 is 0.973 bits per heavy atom. The maximum absolute atomic E-state index is 13.9. The van der Waals surface area contributed by atoms with Gasteiger partial charge in [0.15, 0.2) is 22.9 Å². The average Bonchev–Trinajstić information content (AvgIpc) is 3.43. The Morgan fingerprint density at radius 3 is 2.35 bits per heavy atom. The van der Waals surface area contributed by atoms with Crippen molar-refractivity contribution in [2.75, 3.05) is 19.1 Å². The SMILES string of the molecule is COc1ccc(C2C(C(=O)c3cc4cc(Cl)cc(OC)c4o3)=C(O)C(=O)N2c2ccc(C)c(C)c2)cc1. The number of ether oxygens (including phenoxy) is 2. The highest BCUT2D eigenvalue weighted by Gasteiger charge is 2.45. The van der Waals surface area contributed by atoms with Crippen LogP contribution < -0.4 is 14.4 Å². The molecule has 1 aliphatic heterocycles. The lowest BCUT2D eigenvalue weighted by atomic mass is 9.94. The lowest BCUT2D eigenvalue weighted by molar-refractivity contribution is -0.117. The third-order valence-electron chi connectivity index (χ3n) is 6.64. The summed E-state index contributed by atoms with van der Waals surface area (Å²) in [6.45, 7) is 3.91. The predicted molar refractivity (Wildman–Crippen MR) is 141 cm³/mol. The first-order valence-electron chi connectivity index (χ1n) is 11.5. The number of rotatable bonds is 6. The van der Waals surface area contributed by atoms with Gasteiger partial charge in [0, 0.05) is 22.2 Å². The Hall–Kier alpha value is -4.23. The zero-order valence-corrected chi connectivity index (χ0v) is 21.4. The molecule has 0 bridgehead atoms. The van der Waals surface area contributed by atoms with Crippen molar-refractivity contribution in [2.24, 2.45) is 0 Å². The van der Waals surface area contributed by atoms with Crippen molar-refractivity contribution in [2.45, 2.75) is 19.9 Å². The van der Waals surface area contributed by atoms with Crippen molar-refractivity contribution in [3.8, 4) is 11.5 Å². The number of carbonyl (C=O) groups is 2. The Morgan fingerprint density at radius 2 is 1.70 bits per heavy atom. The number of methoxy groups -OCH3 is 2. The smallest absolute Gasteiger partial charge is 0.294 e. The Labute approximate surface area is 218 Å². The Bertz CT molecular complexity index is 1580. The fraction of sp³-hybridized carbons (Fsp3) is 0.172. The number of furan rings is 1. The van der Waals surface area contributed by atoms with Crippen LogP contribution in [0.3, 0.4) is 0 Å².